The van der Waals surface area contributed by atoms with Gasteiger partial charge in [-0.3, -0.25) is 15.0 Å². The molecule has 1 N–H and O–H groups in total. The number of amides is 3. The van der Waals surface area contributed by atoms with Gasteiger partial charge < -0.3 is 4.90 Å². The van der Waals surface area contributed by atoms with E-state index in [0.29, 0.717) is 5.82 Å². The van der Waals surface area contributed by atoms with Crippen LogP contribution in [-0.2, 0) is 4.79 Å². The van der Waals surface area contributed by atoms with E-state index < -0.39 is 6.17 Å². The molecule has 1 aromatic carbocycles. The topological polar surface area (TPSA) is 65.5 Å². The van der Waals surface area contributed by atoms with Crippen LogP contribution >= 0.6 is 0 Å². The molecule has 22 heavy (non-hydrogen) atoms. The minimum absolute atomic E-state index is 0.0503. The normalized spacial score (nSPS) is 17.7. The molecule has 2 aromatic rings. The Morgan fingerprint density at radius 2 is 1.91 bits per heavy atom. The summed E-state index contributed by atoms with van der Waals surface area (Å²) in [4.78, 5) is 31.7. The number of rotatable bonds is 2. The fraction of sp³-hybridized carbons (Fsp3) is 0.188. The van der Waals surface area contributed by atoms with Crippen molar-refractivity contribution >= 4 is 17.8 Å². The number of carbonyl (C=O) groups is 2. The fourth-order valence-electron chi connectivity index (χ4n) is 2.52. The molecule has 0 bridgehead atoms. The summed E-state index contributed by atoms with van der Waals surface area (Å²) in [5.41, 5.74) is 0.895. The summed E-state index contributed by atoms with van der Waals surface area (Å²) in [5, 5.41) is 2.72. The molecule has 2 heterocycles. The number of benzene rings is 1. The van der Waals surface area contributed by atoms with E-state index >= 15 is 0 Å². The van der Waals surface area contributed by atoms with Crippen molar-refractivity contribution in [1.29, 1.82) is 0 Å². The van der Waals surface area contributed by atoms with Crippen LogP contribution in [0.2, 0.25) is 0 Å². The lowest BCUT2D eigenvalue weighted by atomic mass is 10.1. The third kappa shape index (κ3) is 2.63. The summed E-state index contributed by atoms with van der Waals surface area (Å²) in [6, 6.07) is 14.4. The van der Waals surface area contributed by atoms with Crippen LogP contribution < -0.4 is 5.32 Å². The molecule has 112 valence electrons. The summed E-state index contributed by atoms with van der Waals surface area (Å²) in [6.45, 7) is 0.0503. The SMILES string of the molecule is CN1C(=O)CN(C(=O)Nc2ccccn2)C1c1ccccc1. The Bertz CT molecular complexity index is 675. The molecule has 3 amide bonds. The standard InChI is InChI=1S/C16H16N4O2/c1-19-14(21)11-20(15(19)12-7-3-2-4-8-12)16(22)18-13-9-5-6-10-17-13/h2-10,15H,11H2,1H3,(H,17,18,22). The van der Waals surface area contributed by atoms with Crippen LogP contribution in [0.5, 0.6) is 0 Å². The molecule has 1 atom stereocenters. The lowest BCUT2D eigenvalue weighted by Gasteiger charge is -2.27. The summed E-state index contributed by atoms with van der Waals surface area (Å²) in [7, 11) is 1.70. The van der Waals surface area contributed by atoms with Gasteiger partial charge in [0.25, 0.3) is 0 Å². The Hall–Kier alpha value is -2.89. The Morgan fingerprint density at radius 3 is 2.59 bits per heavy atom. The second kappa shape index (κ2) is 5.85. The zero-order valence-electron chi connectivity index (χ0n) is 12.1. The molecule has 0 spiro atoms. The molecule has 0 aliphatic carbocycles. The van der Waals surface area contributed by atoms with Crippen molar-refractivity contribution in [3.63, 3.8) is 0 Å². The monoisotopic (exact) mass is 296 g/mol. The lowest BCUT2D eigenvalue weighted by molar-refractivity contribution is -0.126. The average Bonchev–Trinajstić information content (AvgIpc) is 2.85. The molecule has 1 fully saturated rings. The predicted octanol–water partition coefficient (Wildman–Crippen LogP) is 2.09. The maximum absolute atomic E-state index is 12.5. The van der Waals surface area contributed by atoms with Crippen molar-refractivity contribution in [3.8, 4) is 0 Å². The molecule has 1 saturated heterocycles. The highest BCUT2D eigenvalue weighted by atomic mass is 16.2. The van der Waals surface area contributed by atoms with Gasteiger partial charge in [0.1, 0.15) is 18.5 Å². The zero-order chi connectivity index (χ0) is 15.5. The maximum atomic E-state index is 12.5. The van der Waals surface area contributed by atoms with Crippen molar-refractivity contribution in [2.45, 2.75) is 6.17 Å². The first-order valence-electron chi connectivity index (χ1n) is 6.96. The average molecular weight is 296 g/mol. The van der Waals surface area contributed by atoms with Crippen LogP contribution in [0.4, 0.5) is 10.6 Å². The van der Waals surface area contributed by atoms with E-state index in [-0.39, 0.29) is 18.5 Å². The molecule has 1 aliphatic rings. The zero-order valence-corrected chi connectivity index (χ0v) is 12.1. The lowest BCUT2D eigenvalue weighted by Crippen LogP contribution is -2.37. The largest absolute Gasteiger partial charge is 0.325 e. The Balaban J connectivity index is 1.84. The molecule has 0 radical (unpaired) electrons. The van der Waals surface area contributed by atoms with Gasteiger partial charge >= 0.3 is 6.03 Å². The van der Waals surface area contributed by atoms with Gasteiger partial charge in [-0.25, -0.2) is 9.78 Å². The minimum Gasteiger partial charge on any atom is -0.319 e. The van der Waals surface area contributed by atoms with Crippen molar-refractivity contribution in [2.75, 3.05) is 18.9 Å². The Labute approximate surface area is 128 Å². The van der Waals surface area contributed by atoms with Gasteiger partial charge in [0.2, 0.25) is 5.91 Å². The molecule has 1 aromatic heterocycles. The van der Waals surface area contributed by atoms with E-state index in [1.807, 2.05) is 30.3 Å². The number of hydrogen-bond acceptors (Lipinski definition) is 3. The first-order chi connectivity index (χ1) is 10.7. The van der Waals surface area contributed by atoms with E-state index in [1.165, 1.54) is 4.90 Å². The van der Waals surface area contributed by atoms with Gasteiger partial charge in [0, 0.05) is 13.2 Å². The van der Waals surface area contributed by atoms with Crippen LogP contribution in [0.3, 0.4) is 0 Å². The Kier molecular flexibility index (Phi) is 3.74. The number of pyridine rings is 1. The van der Waals surface area contributed by atoms with E-state index in [4.69, 9.17) is 0 Å². The van der Waals surface area contributed by atoms with Crippen molar-refractivity contribution in [3.05, 3.63) is 60.3 Å². The van der Waals surface area contributed by atoms with E-state index in [9.17, 15) is 9.59 Å². The molecule has 1 aliphatic heterocycles. The van der Waals surface area contributed by atoms with Gasteiger partial charge in [-0.1, -0.05) is 36.4 Å². The first kappa shape index (κ1) is 14.1. The van der Waals surface area contributed by atoms with Crippen molar-refractivity contribution in [2.24, 2.45) is 0 Å². The second-order valence-electron chi connectivity index (χ2n) is 5.06. The fourth-order valence-corrected chi connectivity index (χ4v) is 2.52. The number of carbonyl (C=O) groups excluding carboxylic acids is 2. The molecular formula is C16H16N4O2. The number of nitrogens with one attached hydrogen (secondary N) is 1. The van der Waals surface area contributed by atoms with Crippen molar-refractivity contribution < 1.29 is 9.59 Å². The summed E-state index contributed by atoms with van der Waals surface area (Å²) in [5.74, 6) is 0.367. The molecule has 0 saturated carbocycles. The van der Waals surface area contributed by atoms with Crippen LogP contribution in [0.25, 0.3) is 0 Å². The highest BCUT2D eigenvalue weighted by Crippen LogP contribution is 2.29. The van der Waals surface area contributed by atoms with Crippen molar-refractivity contribution in [1.82, 2.24) is 14.8 Å². The highest BCUT2D eigenvalue weighted by molar-refractivity contribution is 5.94. The summed E-state index contributed by atoms with van der Waals surface area (Å²) >= 11 is 0. The minimum atomic E-state index is -0.405. The summed E-state index contributed by atoms with van der Waals surface area (Å²) < 4.78 is 0. The second-order valence-corrected chi connectivity index (χ2v) is 5.06. The predicted molar refractivity (Wildman–Crippen MR) is 81.9 cm³/mol. The van der Waals surface area contributed by atoms with Gasteiger partial charge in [-0.15, -0.1) is 0 Å². The number of anilines is 1. The van der Waals surface area contributed by atoms with Crippen LogP contribution in [0.1, 0.15) is 11.7 Å². The van der Waals surface area contributed by atoms with E-state index in [2.05, 4.69) is 10.3 Å². The Morgan fingerprint density at radius 1 is 1.18 bits per heavy atom. The van der Waals surface area contributed by atoms with Gasteiger partial charge in [0.15, 0.2) is 0 Å². The smallest absolute Gasteiger partial charge is 0.319 e. The quantitative estimate of drug-likeness (QED) is 0.922. The van der Waals surface area contributed by atoms with Gasteiger partial charge in [0.05, 0.1) is 0 Å². The molecule has 6 nitrogen and oxygen atoms in total. The highest BCUT2D eigenvalue weighted by Gasteiger charge is 2.39. The molecule has 1 unspecified atom stereocenters. The van der Waals surface area contributed by atoms with Crippen LogP contribution in [-0.4, -0.2) is 40.3 Å². The molecule has 3 rings (SSSR count). The summed E-state index contributed by atoms with van der Waals surface area (Å²) in [6.07, 6.45) is 1.20. The maximum Gasteiger partial charge on any atom is 0.325 e. The third-order valence-corrected chi connectivity index (χ3v) is 3.62. The number of urea groups is 1. The van der Waals surface area contributed by atoms with Gasteiger partial charge in [-0.2, -0.15) is 0 Å². The van der Waals surface area contributed by atoms with Crippen LogP contribution in [0, 0.1) is 0 Å². The van der Waals surface area contributed by atoms with E-state index in [0.717, 1.165) is 5.56 Å². The number of hydrogen-bond donors (Lipinski definition) is 1. The number of nitrogens with zero attached hydrogens (tertiary/aromatic N) is 3. The molecule has 6 heteroatoms. The van der Waals surface area contributed by atoms with Crippen LogP contribution in [0.15, 0.2) is 54.7 Å². The molecular weight excluding hydrogens is 280 g/mol. The van der Waals surface area contributed by atoms with E-state index in [1.54, 1.807) is 36.3 Å². The third-order valence-electron chi connectivity index (χ3n) is 3.62. The van der Waals surface area contributed by atoms with Gasteiger partial charge in [-0.05, 0) is 17.7 Å². The number of likely N-dealkylation sites (N-methyl/N-ethyl adjacent to an activating group) is 1. The number of aromatic nitrogens is 1. The first-order valence-corrected chi connectivity index (χ1v) is 6.96.